The third-order valence-corrected chi connectivity index (χ3v) is 3.09. The molecule has 0 aliphatic heterocycles. The van der Waals surface area contributed by atoms with Crippen molar-refractivity contribution >= 4 is 15.9 Å². The van der Waals surface area contributed by atoms with Crippen LogP contribution < -0.4 is 10.1 Å². The average molecular weight is 366 g/mol. The molecule has 21 heavy (non-hydrogen) atoms. The lowest BCUT2D eigenvalue weighted by Gasteiger charge is -2.11. The molecule has 0 bridgehead atoms. The third-order valence-electron chi connectivity index (χ3n) is 2.47. The summed E-state index contributed by atoms with van der Waals surface area (Å²) in [7, 11) is 0. The maximum atomic E-state index is 12.1. The highest BCUT2D eigenvalue weighted by Crippen LogP contribution is 2.30. The molecule has 0 unspecified atom stereocenters. The van der Waals surface area contributed by atoms with E-state index in [0.717, 1.165) is 5.56 Å². The highest BCUT2D eigenvalue weighted by molar-refractivity contribution is 9.10. The summed E-state index contributed by atoms with van der Waals surface area (Å²) in [6.45, 7) is 1.11. The fourth-order valence-electron chi connectivity index (χ4n) is 1.60. The fourth-order valence-corrected chi connectivity index (χ4v) is 2.10. The van der Waals surface area contributed by atoms with Crippen molar-refractivity contribution in [2.24, 2.45) is 0 Å². The zero-order valence-electron chi connectivity index (χ0n) is 10.7. The monoisotopic (exact) mass is 365 g/mol. The summed E-state index contributed by atoms with van der Waals surface area (Å²) in [4.78, 5) is 3.87. The first-order valence-corrected chi connectivity index (χ1v) is 6.74. The smallest absolute Gasteiger partial charge is 0.405 e. The molecule has 0 aliphatic rings. The lowest BCUT2D eigenvalue weighted by Crippen LogP contribution is -2.18. The first-order chi connectivity index (χ1) is 9.94. The van der Waals surface area contributed by atoms with Crippen LogP contribution in [0.5, 0.6) is 5.75 Å². The van der Waals surface area contributed by atoms with Gasteiger partial charge in [0.25, 0.3) is 0 Å². The van der Waals surface area contributed by atoms with Crippen molar-refractivity contribution in [2.75, 3.05) is 6.54 Å². The summed E-state index contributed by atoms with van der Waals surface area (Å²) in [5.41, 5.74) is 0.821. The van der Waals surface area contributed by atoms with Crippen LogP contribution in [-0.4, -0.2) is 23.0 Å². The van der Waals surface area contributed by atoms with Crippen LogP contribution in [0.15, 0.2) is 33.5 Å². The summed E-state index contributed by atoms with van der Waals surface area (Å²) >= 11 is 3.05. The summed E-state index contributed by atoms with van der Waals surface area (Å²) in [5.74, 6) is 0.259. The second-order valence-corrected chi connectivity index (χ2v) is 4.93. The van der Waals surface area contributed by atoms with Gasteiger partial charge in [0.2, 0.25) is 5.89 Å². The number of nitrogens with zero attached hydrogens (tertiary/aromatic N) is 2. The topological polar surface area (TPSA) is 60.2 Å². The van der Waals surface area contributed by atoms with Gasteiger partial charge >= 0.3 is 6.36 Å². The summed E-state index contributed by atoms with van der Waals surface area (Å²) in [6.07, 6.45) is -2.80. The van der Waals surface area contributed by atoms with Crippen LogP contribution in [0.1, 0.15) is 11.5 Å². The predicted octanol–water partition coefficient (Wildman–Crippen LogP) is 3.06. The van der Waals surface area contributed by atoms with Crippen LogP contribution in [0.25, 0.3) is 0 Å². The minimum absolute atomic E-state index is 0.246. The molecule has 1 aromatic heterocycles. The Morgan fingerprint density at radius 3 is 2.76 bits per heavy atom. The van der Waals surface area contributed by atoms with E-state index in [1.54, 1.807) is 12.1 Å². The Kier molecular flexibility index (Phi) is 5.18. The quantitative estimate of drug-likeness (QED) is 0.797. The van der Waals surface area contributed by atoms with Gasteiger partial charge in [0.1, 0.15) is 5.75 Å². The molecular weight excluding hydrogens is 355 g/mol. The molecule has 9 heteroatoms. The van der Waals surface area contributed by atoms with E-state index in [9.17, 15) is 13.2 Å². The van der Waals surface area contributed by atoms with Crippen molar-refractivity contribution in [1.82, 2.24) is 15.5 Å². The molecule has 1 N–H and O–H groups in total. The molecule has 1 aromatic carbocycles. The Labute approximate surface area is 126 Å². The molecule has 0 aliphatic carbocycles. The van der Waals surface area contributed by atoms with E-state index in [4.69, 9.17) is 4.52 Å². The van der Waals surface area contributed by atoms with E-state index in [2.05, 4.69) is 36.1 Å². The van der Waals surface area contributed by atoms with E-state index in [1.807, 2.05) is 0 Å². The maximum absolute atomic E-state index is 12.1. The van der Waals surface area contributed by atoms with Crippen LogP contribution >= 0.6 is 15.9 Å². The number of aromatic nitrogens is 2. The van der Waals surface area contributed by atoms with Crippen LogP contribution in [-0.2, 0) is 13.0 Å². The van der Waals surface area contributed by atoms with Gasteiger partial charge in [-0.3, -0.25) is 0 Å². The van der Waals surface area contributed by atoms with Gasteiger partial charge in [0.05, 0.1) is 4.47 Å². The molecule has 0 fully saturated rings. The van der Waals surface area contributed by atoms with Gasteiger partial charge in [-0.2, -0.15) is 4.98 Å². The molecule has 2 rings (SSSR count). The van der Waals surface area contributed by atoms with Gasteiger partial charge in [-0.15, -0.1) is 13.2 Å². The van der Waals surface area contributed by atoms with Crippen LogP contribution in [0.4, 0.5) is 13.2 Å². The number of halogens is 4. The minimum atomic E-state index is -4.70. The Hall–Kier alpha value is -1.61. The van der Waals surface area contributed by atoms with E-state index in [0.29, 0.717) is 25.4 Å². The van der Waals surface area contributed by atoms with Crippen LogP contribution in [0.3, 0.4) is 0 Å². The summed E-state index contributed by atoms with van der Waals surface area (Å²) in [5, 5.41) is 6.61. The first kappa shape index (κ1) is 15.8. The number of hydrogen-bond donors (Lipinski definition) is 1. The number of alkyl halides is 3. The van der Waals surface area contributed by atoms with Gasteiger partial charge in [-0.05, 0) is 33.6 Å². The number of ether oxygens (including phenoxy) is 1. The summed E-state index contributed by atoms with van der Waals surface area (Å²) < 4.78 is 45.3. The predicted molar refractivity (Wildman–Crippen MR) is 70.5 cm³/mol. The van der Waals surface area contributed by atoms with Crippen molar-refractivity contribution in [3.63, 3.8) is 0 Å². The Morgan fingerprint density at radius 1 is 1.33 bits per heavy atom. The van der Waals surface area contributed by atoms with Crippen molar-refractivity contribution in [3.05, 3.63) is 40.5 Å². The zero-order chi connectivity index (χ0) is 15.3. The number of hydrogen-bond acceptors (Lipinski definition) is 5. The second kappa shape index (κ2) is 6.90. The molecule has 2 aromatic rings. The Morgan fingerprint density at radius 2 is 2.14 bits per heavy atom. The molecule has 0 amide bonds. The molecule has 0 spiro atoms. The summed E-state index contributed by atoms with van der Waals surface area (Å²) in [6, 6.07) is 4.40. The van der Waals surface area contributed by atoms with E-state index >= 15 is 0 Å². The average Bonchev–Trinajstić information content (AvgIpc) is 2.89. The molecule has 0 atom stereocenters. The van der Waals surface area contributed by atoms with Crippen molar-refractivity contribution in [3.8, 4) is 5.75 Å². The van der Waals surface area contributed by atoms with Gasteiger partial charge in [-0.1, -0.05) is 11.2 Å². The molecule has 0 radical (unpaired) electrons. The van der Waals surface area contributed by atoms with E-state index in [-0.39, 0.29) is 10.2 Å². The van der Waals surface area contributed by atoms with E-state index in [1.165, 1.54) is 12.4 Å². The minimum Gasteiger partial charge on any atom is -0.405 e. The van der Waals surface area contributed by atoms with Crippen LogP contribution in [0, 0.1) is 0 Å². The fraction of sp³-hybridized carbons (Fsp3) is 0.333. The highest BCUT2D eigenvalue weighted by Gasteiger charge is 2.31. The highest BCUT2D eigenvalue weighted by atomic mass is 79.9. The van der Waals surface area contributed by atoms with Gasteiger partial charge < -0.3 is 14.6 Å². The lowest BCUT2D eigenvalue weighted by molar-refractivity contribution is -0.274. The first-order valence-electron chi connectivity index (χ1n) is 5.94. The lowest BCUT2D eigenvalue weighted by atomic mass is 10.2. The van der Waals surface area contributed by atoms with Crippen LogP contribution in [0.2, 0.25) is 0 Å². The SMILES string of the molecule is FC(F)(F)Oc1ccc(CNCCc2ncno2)cc1Br. The zero-order valence-corrected chi connectivity index (χ0v) is 12.2. The third kappa shape index (κ3) is 5.35. The Balaban J connectivity index is 1.82. The molecule has 1 heterocycles. The van der Waals surface area contributed by atoms with Gasteiger partial charge in [0, 0.05) is 19.5 Å². The van der Waals surface area contributed by atoms with Crippen molar-refractivity contribution in [2.45, 2.75) is 19.3 Å². The standard InChI is InChI=1S/C12H11BrF3N3O2/c13-9-5-8(1-2-10(9)20-12(14,15)16)6-17-4-3-11-18-7-19-21-11/h1-2,5,7,17H,3-4,6H2. The largest absolute Gasteiger partial charge is 0.573 e. The molecule has 0 saturated carbocycles. The normalized spacial score (nSPS) is 11.6. The van der Waals surface area contributed by atoms with Gasteiger partial charge in [-0.25, -0.2) is 0 Å². The maximum Gasteiger partial charge on any atom is 0.573 e. The van der Waals surface area contributed by atoms with E-state index < -0.39 is 6.36 Å². The number of benzene rings is 1. The molecule has 0 saturated heterocycles. The van der Waals surface area contributed by atoms with Crippen molar-refractivity contribution < 1.29 is 22.4 Å². The van der Waals surface area contributed by atoms with Crippen molar-refractivity contribution in [1.29, 1.82) is 0 Å². The second-order valence-electron chi connectivity index (χ2n) is 4.07. The van der Waals surface area contributed by atoms with Gasteiger partial charge in [0.15, 0.2) is 6.33 Å². The molecule has 114 valence electrons. The number of rotatable bonds is 6. The molecule has 5 nitrogen and oxygen atoms in total. The Bertz CT molecular complexity index is 576. The number of nitrogens with one attached hydrogen (secondary N) is 1. The molecular formula is C12H11BrF3N3O2.